The van der Waals surface area contributed by atoms with E-state index in [1.165, 1.54) is 24.2 Å². The summed E-state index contributed by atoms with van der Waals surface area (Å²) >= 11 is 0. The van der Waals surface area contributed by atoms with E-state index in [1.54, 1.807) is 0 Å². The van der Waals surface area contributed by atoms with Crippen molar-refractivity contribution in [3.63, 3.8) is 0 Å². The summed E-state index contributed by atoms with van der Waals surface area (Å²) < 4.78 is 13.5. The van der Waals surface area contributed by atoms with Crippen molar-refractivity contribution in [1.29, 1.82) is 0 Å². The molecule has 0 spiro atoms. The largest absolute Gasteiger partial charge is 0.486 e. The van der Waals surface area contributed by atoms with E-state index >= 15 is 0 Å². The maximum absolute atomic E-state index is 5.70. The van der Waals surface area contributed by atoms with Crippen LogP contribution in [-0.2, 0) is 13.6 Å². The van der Waals surface area contributed by atoms with Gasteiger partial charge < -0.3 is 14.0 Å². The number of rotatable bonds is 3. The van der Waals surface area contributed by atoms with Gasteiger partial charge in [0, 0.05) is 19.8 Å². The Labute approximate surface area is 136 Å². The van der Waals surface area contributed by atoms with Crippen molar-refractivity contribution >= 4 is 0 Å². The Morgan fingerprint density at radius 2 is 2.04 bits per heavy atom. The van der Waals surface area contributed by atoms with Crippen LogP contribution in [0.2, 0.25) is 0 Å². The molecule has 1 aromatic heterocycles. The SMILES string of the molecule is Cc1cn(C)c([C@@H]2CCCN2Cc2ccc3c(c2)OCCO3)n1. The van der Waals surface area contributed by atoms with E-state index in [9.17, 15) is 0 Å². The molecule has 4 rings (SSSR count). The van der Waals surface area contributed by atoms with E-state index in [1.807, 2.05) is 6.07 Å². The van der Waals surface area contributed by atoms with Gasteiger partial charge in [-0.25, -0.2) is 4.98 Å². The number of likely N-dealkylation sites (tertiary alicyclic amines) is 1. The van der Waals surface area contributed by atoms with Crippen molar-refractivity contribution in [2.24, 2.45) is 7.05 Å². The summed E-state index contributed by atoms with van der Waals surface area (Å²) in [5.74, 6) is 2.91. The second kappa shape index (κ2) is 5.89. The molecule has 3 heterocycles. The first kappa shape index (κ1) is 14.6. The molecule has 0 amide bonds. The highest BCUT2D eigenvalue weighted by molar-refractivity contribution is 5.43. The van der Waals surface area contributed by atoms with Crippen LogP contribution in [0.3, 0.4) is 0 Å². The van der Waals surface area contributed by atoms with Gasteiger partial charge in [0.15, 0.2) is 11.5 Å². The van der Waals surface area contributed by atoms with Crippen LogP contribution in [0.25, 0.3) is 0 Å². The number of hydrogen-bond donors (Lipinski definition) is 0. The highest BCUT2D eigenvalue weighted by Crippen LogP contribution is 2.35. The molecule has 23 heavy (non-hydrogen) atoms. The third-order valence-electron chi connectivity index (χ3n) is 4.69. The molecule has 2 aliphatic heterocycles. The lowest BCUT2D eigenvalue weighted by Gasteiger charge is -2.25. The minimum atomic E-state index is 0.405. The van der Waals surface area contributed by atoms with Crippen molar-refractivity contribution < 1.29 is 9.47 Å². The van der Waals surface area contributed by atoms with Crippen LogP contribution in [0.5, 0.6) is 11.5 Å². The van der Waals surface area contributed by atoms with Gasteiger partial charge in [-0.1, -0.05) is 6.07 Å². The molecule has 1 aromatic carbocycles. The fourth-order valence-electron chi connectivity index (χ4n) is 3.67. The lowest BCUT2D eigenvalue weighted by Crippen LogP contribution is -2.25. The maximum atomic E-state index is 5.70. The number of hydrogen-bond acceptors (Lipinski definition) is 4. The van der Waals surface area contributed by atoms with Gasteiger partial charge in [-0.3, -0.25) is 4.90 Å². The van der Waals surface area contributed by atoms with Gasteiger partial charge in [-0.05, 0) is 44.0 Å². The summed E-state index contributed by atoms with van der Waals surface area (Å²) in [6.45, 7) is 5.37. The number of fused-ring (bicyclic) bond motifs is 1. The van der Waals surface area contributed by atoms with E-state index in [4.69, 9.17) is 14.5 Å². The van der Waals surface area contributed by atoms with E-state index in [2.05, 4.69) is 41.8 Å². The Kier molecular flexibility index (Phi) is 3.73. The predicted molar refractivity (Wildman–Crippen MR) is 87.8 cm³/mol. The molecule has 0 N–H and O–H groups in total. The van der Waals surface area contributed by atoms with Crippen LogP contribution >= 0.6 is 0 Å². The number of aryl methyl sites for hydroxylation is 2. The van der Waals surface area contributed by atoms with Crippen molar-refractivity contribution in [3.05, 3.63) is 41.5 Å². The van der Waals surface area contributed by atoms with Crippen LogP contribution in [-0.4, -0.2) is 34.2 Å². The lowest BCUT2D eigenvalue weighted by molar-refractivity contribution is 0.170. The number of ether oxygens (including phenoxy) is 2. The summed E-state index contributed by atoms with van der Waals surface area (Å²) in [5.41, 5.74) is 2.36. The molecule has 1 saturated heterocycles. The molecule has 5 nitrogen and oxygen atoms in total. The number of aromatic nitrogens is 2. The van der Waals surface area contributed by atoms with E-state index in [0.29, 0.717) is 19.3 Å². The summed E-state index contributed by atoms with van der Waals surface area (Å²) in [6.07, 6.45) is 4.51. The summed E-state index contributed by atoms with van der Waals surface area (Å²) in [5, 5.41) is 0. The fourth-order valence-corrected chi connectivity index (χ4v) is 3.67. The van der Waals surface area contributed by atoms with Gasteiger partial charge >= 0.3 is 0 Å². The van der Waals surface area contributed by atoms with Crippen molar-refractivity contribution in [1.82, 2.24) is 14.5 Å². The Bertz CT molecular complexity index is 710. The van der Waals surface area contributed by atoms with Crippen molar-refractivity contribution in [2.45, 2.75) is 32.4 Å². The first-order valence-corrected chi connectivity index (χ1v) is 8.33. The topological polar surface area (TPSA) is 39.5 Å². The highest BCUT2D eigenvalue weighted by atomic mass is 16.6. The lowest BCUT2D eigenvalue weighted by atomic mass is 10.1. The second-order valence-electron chi connectivity index (χ2n) is 6.46. The summed E-state index contributed by atoms with van der Waals surface area (Å²) in [4.78, 5) is 7.25. The van der Waals surface area contributed by atoms with Crippen LogP contribution in [0.1, 0.15) is 36.0 Å². The smallest absolute Gasteiger partial charge is 0.161 e. The molecular weight excluding hydrogens is 290 g/mol. The molecule has 122 valence electrons. The average molecular weight is 313 g/mol. The third kappa shape index (κ3) is 2.81. The highest BCUT2D eigenvalue weighted by Gasteiger charge is 2.29. The molecule has 0 saturated carbocycles. The van der Waals surface area contributed by atoms with Gasteiger partial charge in [0.05, 0.1) is 11.7 Å². The fraction of sp³-hybridized carbons (Fsp3) is 0.500. The first-order chi connectivity index (χ1) is 11.2. The van der Waals surface area contributed by atoms with E-state index in [0.717, 1.165) is 30.3 Å². The molecule has 0 bridgehead atoms. The van der Waals surface area contributed by atoms with E-state index in [-0.39, 0.29) is 0 Å². The predicted octanol–water partition coefficient (Wildman–Crippen LogP) is 2.84. The van der Waals surface area contributed by atoms with Crippen molar-refractivity contribution in [3.8, 4) is 11.5 Å². The Hall–Kier alpha value is -2.01. The van der Waals surface area contributed by atoms with Crippen LogP contribution in [0.15, 0.2) is 24.4 Å². The molecule has 2 aromatic rings. The monoisotopic (exact) mass is 313 g/mol. The molecular formula is C18H23N3O2. The normalized spacial score (nSPS) is 20.9. The Balaban J connectivity index is 1.54. The average Bonchev–Trinajstić information content (AvgIpc) is 3.13. The minimum absolute atomic E-state index is 0.405. The van der Waals surface area contributed by atoms with Crippen LogP contribution < -0.4 is 9.47 Å². The Morgan fingerprint density at radius 3 is 2.83 bits per heavy atom. The van der Waals surface area contributed by atoms with Gasteiger partial charge in [0.2, 0.25) is 0 Å². The third-order valence-corrected chi connectivity index (χ3v) is 4.69. The molecule has 0 radical (unpaired) electrons. The van der Waals surface area contributed by atoms with Crippen LogP contribution in [0.4, 0.5) is 0 Å². The van der Waals surface area contributed by atoms with Gasteiger partial charge in [0.1, 0.15) is 19.0 Å². The van der Waals surface area contributed by atoms with Gasteiger partial charge in [0.25, 0.3) is 0 Å². The molecule has 1 atom stereocenters. The van der Waals surface area contributed by atoms with Crippen molar-refractivity contribution in [2.75, 3.05) is 19.8 Å². The summed E-state index contributed by atoms with van der Waals surface area (Å²) in [6, 6.07) is 6.70. The summed E-state index contributed by atoms with van der Waals surface area (Å²) in [7, 11) is 2.09. The number of benzene rings is 1. The quantitative estimate of drug-likeness (QED) is 0.873. The Morgan fingerprint density at radius 1 is 1.22 bits per heavy atom. The zero-order valence-corrected chi connectivity index (χ0v) is 13.8. The van der Waals surface area contributed by atoms with E-state index < -0.39 is 0 Å². The molecule has 5 heteroatoms. The first-order valence-electron chi connectivity index (χ1n) is 8.33. The minimum Gasteiger partial charge on any atom is -0.486 e. The van der Waals surface area contributed by atoms with Gasteiger partial charge in [-0.15, -0.1) is 0 Å². The number of imidazole rings is 1. The molecule has 0 aliphatic carbocycles. The molecule has 2 aliphatic rings. The molecule has 0 unspecified atom stereocenters. The molecule has 1 fully saturated rings. The second-order valence-corrected chi connectivity index (χ2v) is 6.46. The standard InChI is InChI=1S/C18H23N3O2/c1-13-11-20(2)18(19-13)15-4-3-7-21(15)12-14-5-6-16-17(10-14)23-9-8-22-16/h5-6,10-11,15H,3-4,7-9,12H2,1-2H3/t15-/m0/s1. The maximum Gasteiger partial charge on any atom is 0.161 e. The van der Waals surface area contributed by atoms with Crippen LogP contribution in [0, 0.1) is 6.92 Å². The number of nitrogens with zero attached hydrogens (tertiary/aromatic N) is 3. The zero-order valence-electron chi connectivity index (χ0n) is 13.8. The zero-order chi connectivity index (χ0) is 15.8. The van der Waals surface area contributed by atoms with Gasteiger partial charge in [-0.2, -0.15) is 0 Å².